The van der Waals surface area contributed by atoms with Crippen LogP contribution in [0.3, 0.4) is 0 Å². The fourth-order valence-corrected chi connectivity index (χ4v) is 4.06. The average Bonchev–Trinajstić information content (AvgIpc) is 3.00. The van der Waals surface area contributed by atoms with Gasteiger partial charge < -0.3 is 10.2 Å². The summed E-state index contributed by atoms with van der Waals surface area (Å²) in [4.78, 5) is 18.8. The van der Waals surface area contributed by atoms with Crippen LogP contribution >= 0.6 is 11.8 Å². The molecule has 2 aliphatic rings. The second-order valence-electron chi connectivity index (χ2n) is 5.86. The van der Waals surface area contributed by atoms with Crippen molar-refractivity contribution in [2.45, 2.75) is 44.0 Å². The number of nitrogens with one attached hydrogen (secondary N) is 1. The number of rotatable bonds is 2. The molecule has 21 heavy (non-hydrogen) atoms. The quantitative estimate of drug-likeness (QED) is 0.888. The van der Waals surface area contributed by atoms with E-state index < -0.39 is 0 Å². The monoisotopic (exact) mass is 309 g/mol. The van der Waals surface area contributed by atoms with Gasteiger partial charge in [0.25, 0.3) is 5.91 Å². The van der Waals surface area contributed by atoms with Crippen LogP contribution in [0.2, 0.25) is 0 Å². The van der Waals surface area contributed by atoms with E-state index in [1.807, 2.05) is 21.3 Å². The van der Waals surface area contributed by atoms with Crippen LogP contribution in [-0.4, -0.2) is 62.3 Å². The summed E-state index contributed by atoms with van der Waals surface area (Å²) >= 11 is 1.92. The van der Waals surface area contributed by atoms with Crippen LogP contribution in [0, 0.1) is 0 Å². The Kier molecular flexibility index (Phi) is 4.49. The molecule has 0 saturated carbocycles. The van der Waals surface area contributed by atoms with Gasteiger partial charge in [0.15, 0.2) is 0 Å². The van der Waals surface area contributed by atoms with Gasteiger partial charge in [-0.15, -0.1) is 5.10 Å². The molecule has 1 N–H and O–H groups in total. The molecular weight excluding hydrogens is 286 g/mol. The van der Waals surface area contributed by atoms with Gasteiger partial charge in [-0.2, -0.15) is 11.8 Å². The summed E-state index contributed by atoms with van der Waals surface area (Å²) in [6.45, 7) is 7.04. The Bertz CT molecular complexity index is 499. The fraction of sp³-hybridized carbons (Fsp3) is 0.786. The van der Waals surface area contributed by atoms with E-state index in [1.54, 1.807) is 6.33 Å². The van der Waals surface area contributed by atoms with Crippen LogP contribution in [0.1, 0.15) is 43.3 Å². The Balaban J connectivity index is 1.71. The second-order valence-corrected chi connectivity index (χ2v) is 7.35. The normalized spacial score (nSPS) is 30.4. The highest BCUT2D eigenvalue weighted by Crippen LogP contribution is 2.25. The van der Waals surface area contributed by atoms with Crippen molar-refractivity contribution in [1.29, 1.82) is 0 Å². The molecule has 0 bridgehead atoms. The first-order valence-electron chi connectivity index (χ1n) is 7.71. The smallest absolute Gasteiger partial charge is 0.293 e. The number of thioether (sulfide) groups is 1. The SMILES string of the molecule is C[C@@H]1SCCN(C(=O)c2ncn([C@H]3CCCNC3)n2)[C@H]1C. The predicted molar refractivity (Wildman–Crippen MR) is 83.6 cm³/mol. The number of piperidine rings is 1. The number of nitrogens with zero attached hydrogens (tertiary/aromatic N) is 4. The Morgan fingerprint density at radius 2 is 2.33 bits per heavy atom. The highest BCUT2D eigenvalue weighted by atomic mass is 32.2. The van der Waals surface area contributed by atoms with Gasteiger partial charge in [-0.3, -0.25) is 4.79 Å². The predicted octanol–water partition coefficient (Wildman–Crippen LogP) is 1.17. The molecule has 0 radical (unpaired) electrons. The van der Waals surface area contributed by atoms with Crippen molar-refractivity contribution in [3.05, 3.63) is 12.2 Å². The van der Waals surface area contributed by atoms with Crippen molar-refractivity contribution in [1.82, 2.24) is 25.0 Å². The maximum atomic E-state index is 12.6. The van der Waals surface area contributed by atoms with Crippen molar-refractivity contribution in [2.75, 3.05) is 25.4 Å². The van der Waals surface area contributed by atoms with E-state index in [0.29, 0.717) is 17.1 Å². The van der Waals surface area contributed by atoms with Crippen LogP contribution in [0.15, 0.2) is 6.33 Å². The molecule has 7 heteroatoms. The molecule has 6 nitrogen and oxygen atoms in total. The van der Waals surface area contributed by atoms with E-state index >= 15 is 0 Å². The molecule has 0 aliphatic carbocycles. The summed E-state index contributed by atoms with van der Waals surface area (Å²) in [5, 5.41) is 8.26. The van der Waals surface area contributed by atoms with E-state index in [9.17, 15) is 4.79 Å². The van der Waals surface area contributed by atoms with Gasteiger partial charge in [0.05, 0.1) is 6.04 Å². The first kappa shape index (κ1) is 14.8. The van der Waals surface area contributed by atoms with Crippen molar-refractivity contribution in [3.8, 4) is 0 Å². The molecule has 116 valence electrons. The largest absolute Gasteiger partial charge is 0.331 e. The first-order chi connectivity index (χ1) is 10.2. The third-order valence-corrected chi connectivity index (χ3v) is 5.83. The Morgan fingerprint density at radius 1 is 1.48 bits per heavy atom. The number of amides is 1. The zero-order chi connectivity index (χ0) is 14.8. The van der Waals surface area contributed by atoms with E-state index in [1.165, 1.54) is 0 Å². The molecule has 0 spiro atoms. The Hall–Kier alpha value is -1.08. The summed E-state index contributed by atoms with van der Waals surface area (Å²) < 4.78 is 1.85. The Morgan fingerprint density at radius 3 is 3.10 bits per heavy atom. The van der Waals surface area contributed by atoms with Crippen molar-refractivity contribution >= 4 is 17.7 Å². The maximum absolute atomic E-state index is 12.6. The van der Waals surface area contributed by atoms with Crippen LogP contribution in [-0.2, 0) is 0 Å². The van der Waals surface area contributed by atoms with Gasteiger partial charge in [-0.1, -0.05) is 6.92 Å². The van der Waals surface area contributed by atoms with Crippen LogP contribution < -0.4 is 5.32 Å². The van der Waals surface area contributed by atoms with Crippen molar-refractivity contribution < 1.29 is 4.79 Å². The summed E-state index contributed by atoms with van der Waals surface area (Å²) in [5.41, 5.74) is 0. The summed E-state index contributed by atoms with van der Waals surface area (Å²) in [7, 11) is 0. The third kappa shape index (κ3) is 3.08. The standard InChI is InChI=1S/C14H23N5OS/c1-10-11(2)21-7-6-18(10)14(20)13-16-9-19(17-13)12-4-3-5-15-8-12/h9-12,15H,3-8H2,1-2H3/t10-,11-,12-/m0/s1. The third-order valence-electron chi connectivity index (χ3n) is 4.49. The molecule has 0 unspecified atom stereocenters. The zero-order valence-corrected chi connectivity index (χ0v) is 13.5. The summed E-state index contributed by atoms with van der Waals surface area (Å²) in [5.74, 6) is 1.30. The minimum atomic E-state index is -0.0304. The van der Waals surface area contributed by atoms with Crippen LogP contribution in [0.25, 0.3) is 0 Å². The number of hydrogen-bond acceptors (Lipinski definition) is 5. The number of carbonyl (C=O) groups is 1. The molecule has 1 aromatic rings. The molecule has 2 aliphatic heterocycles. The fourth-order valence-electron chi connectivity index (χ4n) is 2.96. The Labute approximate surface area is 129 Å². The minimum absolute atomic E-state index is 0.0304. The van der Waals surface area contributed by atoms with Gasteiger partial charge in [-0.05, 0) is 26.3 Å². The lowest BCUT2D eigenvalue weighted by atomic mass is 10.1. The highest BCUT2D eigenvalue weighted by Gasteiger charge is 2.31. The molecular formula is C14H23N5OS. The lowest BCUT2D eigenvalue weighted by Gasteiger charge is -2.36. The van der Waals surface area contributed by atoms with Crippen molar-refractivity contribution in [3.63, 3.8) is 0 Å². The van der Waals surface area contributed by atoms with Gasteiger partial charge in [0, 0.05) is 30.1 Å². The van der Waals surface area contributed by atoms with E-state index in [0.717, 1.165) is 38.2 Å². The molecule has 1 amide bonds. The van der Waals surface area contributed by atoms with Crippen molar-refractivity contribution in [2.24, 2.45) is 0 Å². The van der Waals surface area contributed by atoms with E-state index in [2.05, 4.69) is 29.2 Å². The number of aromatic nitrogens is 3. The van der Waals surface area contributed by atoms with Gasteiger partial charge in [0.2, 0.25) is 5.82 Å². The average molecular weight is 309 g/mol. The van der Waals surface area contributed by atoms with Gasteiger partial charge in [0.1, 0.15) is 6.33 Å². The van der Waals surface area contributed by atoms with Gasteiger partial charge >= 0.3 is 0 Å². The number of hydrogen-bond donors (Lipinski definition) is 1. The summed E-state index contributed by atoms with van der Waals surface area (Å²) in [6.07, 6.45) is 3.95. The van der Waals surface area contributed by atoms with E-state index in [4.69, 9.17) is 0 Å². The first-order valence-corrected chi connectivity index (χ1v) is 8.76. The maximum Gasteiger partial charge on any atom is 0.293 e. The zero-order valence-electron chi connectivity index (χ0n) is 12.7. The van der Waals surface area contributed by atoms with Crippen LogP contribution in [0.4, 0.5) is 0 Å². The molecule has 3 heterocycles. The molecule has 3 atom stereocenters. The lowest BCUT2D eigenvalue weighted by molar-refractivity contribution is 0.0685. The molecule has 0 aromatic carbocycles. The number of carbonyl (C=O) groups excluding carboxylic acids is 1. The highest BCUT2D eigenvalue weighted by molar-refractivity contribution is 8.00. The molecule has 3 rings (SSSR count). The lowest BCUT2D eigenvalue weighted by Crippen LogP contribution is -2.48. The second kappa shape index (κ2) is 6.36. The molecule has 1 aromatic heterocycles. The summed E-state index contributed by atoms with van der Waals surface area (Å²) in [6, 6.07) is 0.556. The topological polar surface area (TPSA) is 63.1 Å². The van der Waals surface area contributed by atoms with Gasteiger partial charge in [-0.25, -0.2) is 9.67 Å². The minimum Gasteiger partial charge on any atom is -0.331 e. The van der Waals surface area contributed by atoms with Crippen LogP contribution in [0.5, 0.6) is 0 Å². The molecule has 2 fully saturated rings. The molecule has 2 saturated heterocycles. The van der Waals surface area contributed by atoms with E-state index in [-0.39, 0.29) is 11.9 Å².